The van der Waals surface area contributed by atoms with Gasteiger partial charge in [0.15, 0.2) is 0 Å². The van der Waals surface area contributed by atoms with E-state index in [1.807, 2.05) is 0 Å². The van der Waals surface area contributed by atoms with E-state index in [1.165, 1.54) is 102 Å². The van der Waals surface area contributed by atoms with Crippen LogP contribution in [0.4, 0.5) is 11.4 Å². The summed E-state index contributed by atoms with van der Waals surface area (Å²) in [7, 11) is 0. The molecule has 226 valence electrons. The summed E-state index contributed by atoms with van der Waals surface area (Å²) in [5.41, 5.74) is 9.56. The molecule has 1 heteroatoms. The molecule has 2 aliphatic rings. The van der Waals surface area contributed by atoms with Gasteiger partial charge >= 0.3 is 0 Å². The predicted molar refractivity (Wildman–Crippen MR) is 201 cm³/mol. The highest BCUT2D eigenvalue weighted by molar-refractivity contribution is 6.28. The molecule has 0 aromatic heterocycles. The maximum Gasteiger partial charge on any atom is 0.0495 e. The minimum atomic E-state index is 0.0840. The zero-order valence-electron chi connectivity index (χ0n) is 27.0. The summed E-state index contributed by atoms with van der Waals surface area (Å²) < 4.78 is 0. The molecule has 47 heavy (non-hydrogen) atoms. The Morgan fingerprint density at radius 2 is 1.23 bits per heavy atom. The minimum Gasteiger partial charge on any atom is -0.335 e. The van der Waals surface area contributed by atoms with Crippen molar-refractivity contribution in [2.45, 2.75) is 44.6 Å². The van der Waals surface area contributed by atoms with Crippen LogP contribution in [0.1, 0.15) is 44.6 Å². The largest absolute Gasteiger partial charge is 0.335 e. The van der Waals surface area contributed by atoms with Crippen LogP contribution in [0.5, 0.6) is 0 Å². The predicted octanol–water partition coefficient (Wildman–Crippen LogP) is 12.9. The van der Waals surface area contributed by atoms with Crippen LogP contribution in [-0.4, -0.2) is 5.54 Å². The molecule has 0 N–H and O–H groups in total. The first-order valence-corrected chi connectivity index (χ1v) is 17.3. The van der Waals surface area contributed by atoms with Gasteiger partial charge in [0.05, 0.1) is 0 Å². The van der Waals surface area contributed by atoms with Gasteiger partial charge in [-0.25, -0.2) is 0 Å². The Balaban J connectivity index is 1.19. The second-order valence-corrected chi connectivity index (χ2v) is 14.3. The fourth-order valence-corrected chi connectivity index (χ4v) is 9.82. The van der Waals surface area contributed by atoms with Crippen LogP contribution >= 0.6 is 0 Å². The molecule has 1 aliphatic heterocycles. The fraction of sp³-hybridized carbons (Fsp3) is 0.174. The Morgan fingerprint density at radius 3 is 2.04 bits per heavy atom. The average molecular weight is 604 g/mol. The Kier molecular flexibility index (Phi) is 5.71. The van der Waals surface area contributed by atoms with Crippen molar-refractivity contribution >= 4 is 54.5 Å². The third-order valence-corrected chi connectivity index (χ3v) is 11.8. The maximum absolute atomic E-state index is 2.67. The van der Waals surface area contributed by atoms with Crippen molar-refractivity contribution in [1.29, 1.82) is 0 Å². The van der Waals surface area contributed by atoms with E-state index >= 15 is 0 Å². The van der Waals surface area contributed by atoms with Gasteiger partial charge in [-0.1, -0.05) is 129 Å². The molecule has 0 bridgehead atoms. The molecule has 0 amide bonds. The SMILES string of the molecule is CC1CCCC2(C)C1c1cc(-c3ccc4ccc5c(-c6cccc7ccccc67)ccc6ccc3c4c65)ccc1N2c1ccccc1. The van der Waals surface area contributed by atoms with E-state index in [-0.39, 0.29) is 5.54 Å². The molecule has 8 aromatic carbocycles. The normalized spacial score (nSPS) is 20.8. The van der Waals surface area contributed by atoms with E-state index in [0.29, 0.717) is 11.8 Å². The van der Waals surface area contributed by atoms with E-state index in [2.05, 4.69) is 158 Å². The van der Waals surface area contributed by atoms with Gasteiger partial charge in [0.1, 0.15) is 0 Å². The number of para-hydroxylation sites is 1. The third kappa shape index (κ3) is 3.77. The molecule has 0 radical (unpaired) electrons. The van der Waals surface area contributed by atoms with Crippen LogP contribution in [0, 0.1) is 5.92 Å². The lowest BCUT2D eigenvalue weighted by Crippen LogP contribution is -2.47. The number of nitrogens with zero attached hydrogens (tertiary/aromatic N) is 1. The summed E-state index contributed by atoms with van der Waals surface area (Å²) in [5, 5.41) is 10.6. The standard InChI is InChI=1S/C46H37N/c1-29-10-9-27-46(2)45(29)41-28-33(21-26-42(41)47(46)34-13-4-3-5-14-34)36-22-17-31-20-25-40-38(23-18-32-19-24-39(36)43(31)44(32)40)37-16-8-12-30-11-6-7-15-35(30)37/h3-8,11-26,28-29,45H,9-10,27H2,1-2H3. The van der Waals surface area contributed by atoms with Crippen molar-refractivity contribution in [3.63, 3.8) is 0 Å². The molecule has 1 fully saturated rings. The summed E-state index contributed by atoms with van der Waals surface area (Å²) in [6, 6.07) is 52.6. The van der Waals surface area contributed by atoms with Gasteiger partial charge in [-0.15, -0.1) is 0 Å². The monoisotopic (exact) mass is 603 g/mol. The van der Waals surface area contributed by atoms with Crippen LogP contribution in [0.15, 0.2) is 140 Å². The Labute approximate surface area is 276 Å². The highest BCUT2D eigenvalue weighted by Crippen LogP contribution is 2.59. The van der Waals surface area contributed by atoms with E-state index in [0.717, 1.165) is 0 Å². The zero-order valence-corrected chi connectivity index (χ0v) is 27.0. The molecule has 1 nitrogen and oxygen atoms in total. The van der Waals surface area contributed by atoms with Crippen molar-refractivity contribution < 1.29 is 0 Å². The summed E-state index contributed by atoms with van der Waals surface area (Å²) >= 11 is 0. The number of benzene rings is 8. The van der Waals surface area contributed by atoms with Gasteiger partial charge in [-0.2, -0.15) is 0 Å². The minimum absolute atomic E-state index is 0.0840. The Morgan fingerprint density at radius 1 is 0.574 bits per heavy atom. The van der Waals surface area contributed by atoms with Crippen molar-refractivity contribution in [2.75, 3.05) is 4.90 Å². The summed E-state index contributed by atoms with van der Waals surface area (Å²) in [6.45, 7) is 5.00. The van der Waals surface area contributed by atoms with Crippen LogP contribution in [0.3, 0.4) is 0 Å². The molecular formula is C46H37N. The van der Waals surface area contributed by atoms with Gasteiger partial charge in [0.25, 0.3) is 0 Å². The highest BCUT2D eigenvalue weighted by atomic mass is 15.2. The third-order valence-electron chi connectivity index (χ3n) is 11.8. The van der Waals surface area contributed by atoms with E-state index < -0.39 is 0 Å². The molecule has 1 saturated carbocycles. The van der Waals surface area contributed by atoms with Crippen LogP contribution in [-0.2, 0) is 0 Å². The van der Waals surface area contributed by atoms with E-state index in [4.69, 9.17) is 0 Å². The van der Waals surface area contributed by atoms with Crippen LogP contribution < -0.4 is 4.90 Å². The molecule has 3 unspecified atom stereocenters. The van der Waals surface area contributed by atoms with Crippen molar-refractivity contribution in [3.8, 4) is 22.3 Å². The van der Waals surface area contributed by atoms with Crippen molar-refractivity contribution in [2.24, 2.45) is 5.92 Å². The molecular weight excluding hydrogens is 567 g/mol. The molecule has 8 aromatic rings. The quantitative estimate of drug-likeness (QED) is 0.182. The molecule has 0 spiro atoms. The zero-order chi connectivity index (χ0) is 31.3. The molecule has 10 rings (SSSR count). The second kappa shape index (κ2) is 9.93. The maximum atomic E-state index is 2.67. The Bertz CT molecular complexity index is 2490. The lowest BCUT2D eigenvalue weighted by atomic mass is 9.67. The molecule has 3 atom stereocenters. The number of hydrogen-bond donors (Lipinski definition) is 0. The number of rotatable bonds is 3. The van der Waals surface area contributed by atoms with Crippen molar-refractivity contribution in [1.82, 2.24) is 0 Å². The van der Waals surface area contributed by atoms with E-state index in [9.17, 15) is 0 Å². The molecule has 1 heterocycles. The topological polar surface area (TPSA) is 3.24 Å². The smallest absolute Gasteiger partial charge is 0.0495 e. The summed E-state index contributed by atoms with van der Waals surface area (Å²) in [5.74, 6) is 1.15. The van der Waals surface area contributed by atoms with Crippen molar-refractivity contribution in [3.05, 3.63) is 145 Å². The molecule has 0 saturated heterocycles. The van der Waals surface area contributed by atoms with Gasteiger partial charge in [0.2, 0.25) is 0 Å². The number of anilines is 2. The fourth-order valence-electron chi connectivity index (χ4n) is 9.82. The lowest BCUT2D eigenvalue weighted by molar-refractivity contribution is 0.223. The lowest BCUT2D eigenvalue weighted by Gasteiger charge is -2.46. The number of fused-ring (bicyclic) bond motifs is 4. The average Bonchev–Trinajstić information content (AvgIpc) is 3.39. The van der Waals surface area contributed by atoms with Gasteiger partial charge < -0.3 is 4.90 Å². The first-order chi connectivity index (χ1) is 23.1. The van der Waals surface area contributed by atoms with Gasteiger partial charge in [-0.05, 0) is 121 Å². The van der Waals surface area contributed by atoms with E-state index in [1.54, 1.807) is 0 Å². The van der Waals surface area contributed by atoms with Gasteiger partial charge in [-0.3, -0.25) is 0 Å². The molecule has 1 aliphatic carbocycles. The number of hydrogen-bond acceptors (Lipinski definition) is 1. The Hall–Kier alpha value is -5.14. The summed E-state index contributed by atoms with van der Waals surface area (Å²) in [4.78, 5) is 2.67. The van der Waals surface area contributed by atoms with Crippen LogP contribution in [0.2, 0.25) is 0 Å². The first-order valence-electron chi connectivity index (χ1n) is 17.3. The second-order valence-electron chi connectivity index (χ2n) is 14.3. The summed E-state index contributed by atoms with van der Waals surface area (Å²) in [6.07, 6.45) is 3.80. The van der Waals surface area contributed by atoms with Crippen LogP contribution in [0.25, 0.3) is 65.3 Å². The van der Waals surface area contributed by atoms with Gasteiger partial charge in [0, 0.05) is 22.8 Å². The highest BCUT2D eigenvalue weighted by Gasteiger charge is 2.52. The first kappa shape index (κ1) is 27.0.